The van der Waals surface area contributed by atoms with Crippen LogP contribution >= 0.6 is 27.7 Å². The largest absolute Gasteiger partial charge is 0.286 e. The monoisotopic (exact) mass is 414 g/mol. The standard InChI is InChI=1S/C20H19BrN2OS/c1-3-11-23-19(24)18(13-15-5-4-6-16(21)12-15)25-20(23)22-17-9-7-14(2)8-10-17/h4-10,12-13H,3,11H2,1-2H3/b18-13+,22-20?. The van der Waals surface area contributed by atoms with E-state index in [1.165, 1.54) is 17.3 Å². The smallest absolute Gasteiger partial charge is 0.266 e. The maximum absolute atomic E-state index is 12.8. The van der Waals surface area contributed by atoms with Crippen LogP contribution < -0.4 is 0 Å². The van der Waals surface area contributed by atoms with Gasteiger partial charge in [-0.3, -0.25) is 9.69 Å². The van der Waals surface area contributed by atoms with Crippen LogP contribution in [-0.2, 0) is 4.79 Å². The number of benzene rings is 2. The molecule has 0 spiro atoms. The first-order valence-corrected chi connectivity index (χ1v) is 9.80. The summed E-state index contributed by atoms with van der Waals surface area (Å²) in [5.74, 6) is 0.0256. The zero-order valence-electron chi connectivity index (χ0n) is 14.2. The summed E-state index contributed by atoms with van der Waals surface area (Å²) in [4.78, 5) is 20.0. The second-order valence-corrected chi connectivity index (χ2v) is 7.78. The van der Waals surface area contributed by atoms with Crippen molar-refractivity contribution in [2.24, 2.45) is 4.99 Å². The lowest BCUT2D eigenvalue weighted by Gasteiger charge is -2.13. The second kappa shape index (κ2) is 8.02. The van der Waals surface area contributed by atoms with Crippen LogP contribution in [0.4, 0.5) is 5.69 Å². The third kappa shape index (κ3) is 4.41. The van der Waals surface area contributed by atoms with E-state index in [9.17, 15) is 4.79 Å². The molecule has 0 N–H and O–H groups in total. The van der Waals surface area contributed by atoms with Crippen molar-refractivity contribution < 1.29 is 4.79 Å². The fourth-order valence-electron chi connectivity index (χ4n) is 2.49. The molecule has 0 unspecified atom stereocenters. The number of hydrogen-bond donors (Lipinski definition) is 0. The van der Waals surface area contributed by atoms with Crippen LogP contribution in [0.25, 0.3) is 6.08 Å². The molecule has 5 heteroatoms. The van der Waals surface area contributed by atoms with E-state index in [-0.39, 0.29) is 5.91 Å². The molecular formula is C20H19BrN2OS. The Balaban J connectivity index is 1.93. The molecule has 0 saturated carbocycles. The van der Waals surface area contributed by atoms with Gasteiger partial charge in [-0.25, -0.2) is 4.99 Å². The van der Waals surface area contributed by atoms with Gasteiger partial charge in [0.15, 0.2) is 5.17 Å². The highest BCUT2D eigenvalue weighted by Gasteiger charge is 2.32. The number of amidine groups is 1. The predicted molar refractivity (Wildman–Crippen MR) is 110 cm³/mol. The highest BCUT2D eigenvalue weighted by molar-refractivity contribution is 9.10. The highest BCUT2D eigenvalue weighted by Crippen LogP contribution is 2.34. The molecule has 3 nitrogen and oxygen atoms in total. The maximum Gasteiger partial charge on any atom is 0.266 e. The molecule has 0 aromatic heterocycles. The Hall–Kier alpha value is -1.85. The van der Waals surface area contributed by atoms with Gasteiger partial charge in [0.2, 0.25) is 0 Å². The minimum Gasteiger partial charge on any atom is -0.286 e. The van der Waals surface area contributed by atoms with Crippen LogP contribution in [0.2, 0.25) is 0 Å². The van der Waals surface area contributed by atoms with Gasteiger partial charge in [0, 0.05) is 11.0 Å². The van der Waals surface area contributed by atoms with E-state index in [4.69, 9.17) is 4.99 Å². The maximum atomic E-state index is 12.8. The van der Waals surface area contributed by atoms with Gasteiger partial charge in [-0.05, 0) is 61.0 Å². The van der Waals surface area contributed by atoms with Crippen molar-refractivity contribution in [3.8, 4) is 0 Å². The van der Waals surface area contributed by atoms with Crippen LogP contribution in [0.15, 0.2) is 62.9 Å². The van der Waals surface area contributed by atoms with Gasteiger partial charge in [0.1, 0.15) is 0 Å². The average Bonchev–Trinajstić information content (AvgIpc) is 2.86. The lowest BCUT2D eigenvalue weighted by molar-refractivity contribution is -0.122. The van der Waals surface area contributed by atoms with E-state index >= 15 is 0 Å². The molecule has 0 aliphatic carbocycles. The number of halogens is 1. The van der Waals surface area contributed by atoms with Crippen LogP contribution in [0.5, 0.6) is 0 Å². The predicted octanol–water partition coefficient (Wildman–Crippen LogP) is 5.77. The van der Waals surface area contributed by atoms with E-state index in [1.54, 1.807) is 4.90 Å². The molecular weight excluding hydrogens is 396 g/mol. The Labute approximate surface area is 161 Å². The van der Waals surface area contributed by atoms with Crippen molar-refractivity contribution in [1.82, 2.24) is 4.90 Å². The molecule has 3 rings (SSSR count). The van der Waals surface area contributed by atoms with E-state index in [2.05, 4.69) is 22.9 Å². The molecule has 2 aromatic carbocycles. The molecule has 1 heterocycles. The molecule has 0 bridgehead atoms. The zero-order valence-corrected chi connectivity index (χ0v) is 16.6. The topological polar surface area (TPSA) is 32.7 Å². The third-order valence-corrected chi connectivity index (χ3v) is 5.24. The molecule has 0 radical (unpaired) electrons. The molecule has 0 atom stereocenters. The quantitative estimate of drug-likeness (QED) is 0.594. The molecule has 25 heavy (non-hydrogen) atoms. The molecule has 1 aliphatic heterocycles. The molecule has 1 aliphatic rings. The molecule has 2 aromatic rings. The Kier molecular flexibility index (Phi) is 5.76. The number of aliphatic imine (C=N–C) groups is 1. The van der Waals surface area contributed by atoms with Crippen molar-refractivity contribution >= 4 is 50.5 Å². The summed E-state index contributed by atoms with van der Waals surface area (Å²) in [5, 5.41) is 0.747. The summed E-state index contributed by atoms with van der Waals surface area (Å²) in [6, 6.07) is 15.9. The molecule has 1 fully saturated rings. The third-order valence-electron chi connectivity index (χ3n) is 3.74. The average molecular weight is 415 g/mol. The lowest BCUT2D eigenvalue weighted by atomic mass is 10.2. The number of thioether (sulfide) groups is 1. The van der Waals surface area contributed by atoms with E-state index in [1.807, 2.05) is 61.5 Å². The number of carbonyl (C=O) groups excluding carboxylic acids is 1. The summed E-state index contributed by atoms with van der Waals surface area (Å²) in [6.45, 7) is 4.79. The first-order valence-electron chi connectivity index (χ1n) is 8.19. The SMILES string of the molecule is CCCN1C(=O)/C(=C\c2cccc(Br)c2)SC1=Nc1ccc(C)cc1. The molecule has 128 valence electrons. The first-order chi connectivity index (χ1) is 12.1. The Morgan fingerprint density at radius 2 is 1.96 bits per heavy atom. The van der Waals surface area contributed by atoms with E-state index < -0.39 is 0 Å². The van der Waals surface area contributed by atoms with Crippen molar-refractivity contribution in [1.29, 1.82) is 0 Å². The van der Waals surface area contributed by atoms with Crippen LogP contribution in [0, 0.1) is 6.92 Å². The van der Waals surface area contributed by atoms with Crippen molar-refractivity contribution in [3.63, 3.8) is 0 Å². The number of aryl methyl sites for hydroxylation is 1. The summed E-state index contributed by atoms with van der Waals surface area (Å²) in [5.41, 5.74) is 3.06. The van der Waals surface area contributed by atoms with Gasteiger partial charge in [0.05, 0.1) is 10.6 Å². The normalized spacial score (nSPS) is 17.7. The Bertz CT molecular complexity index is 843. The minimum absolute atomic E-state index is 0.0256. The molecule has 1 amide bonds. The van der Waals surface area contributed by atoms with E-state index in [0.29, 0.717) is 11.4 Å². The van der Waals surface area contributed by atoms with Gasteiger partial charge >= 0.3 is 0 Å². The van der Waals surface area contributed by atoms with Gasteiger partial charge in [-0.1, -0.05) is 52.7 Å². The second-order valence-electron chi connectivity index (χ2n) is 5.85. The fourth-order valence-corrected chi connectivity index (χ4v) is 3.93. The summed E-state index contributed by atoms with van der Waals surface area (Å²) >= 11 is 4.91. The summed E-state index contributed by atoms with van der Waals surface area (Å²) < 4.78 is 0.997. The fraction of sp³-hybridized carbons (Fsp3) is 0.200. The number of nitrogens with zero attached hydrogens (tertiary/aromatic N) is 2. The summed E-state index contributed by atoms with van der Waals surface area (Å²) in [6.07, 6.45) is 2.82. The van der Waals surface area contributed by atoms with Crippen molar-refractivity contribution in [2.75, 3.05) is 6.54 Å². The van der Waals surface area contributed by atoms with Gasteiger partial charge in [-0.2, -0.15) is 0 Å². The van der Waals surface area contributed by atoms with Crippen LogP contribution in [0.1, 0.15) is 24.5 Å². The zero-order chi connectivity index (χ0) is 17.8. The summed E-state index contributed by atoms with van der Waals surface area (Å²) in [7, 11) is 0. The van der Waals surface area contributed by atoms with Gasteiger partial charge in [-0.15, -0.1) is 0 Å². The number of carbonyl (C=O) groups is 1. The Morgan fingerprint density at radius 3 is 2.64 bits per heavy atom. The van der Waals surface area contributed by atoms with E-state index in [0.717, 1.165) is 27.3 Å². The lowest BCUT2D eigenvalue weighted by Crippen LogP contribution is -2.29. The Morgan fingerprint density at radius 1 is 1.20 bits per heavy atom. The number of rotatable bonds is 4. The van der Waals surface area contributed by atoms with Crippen molar-refractivity contribution in [3.05, 3.63) is 69.0 Å². The van der Waals surface area contributed by atoms with Gasteiger partial charge in [0.25, 0.3) is 5.91 Å². The first kappa shape index (κ1) is 18.0. The van der Waals surface area contributed by atoms with Crippen molar-refractivity contribution in [2.45, 2.75) is 20.3 Å². The van der Waals surface area contributed by atoms with Gasteiger partial charge < -0.3 is 0 Å². The van der Waals surface area contributed by atoms with Crippen LogP contribution in [0.3, 0.4) is 0 Å². The van der Waals surface area contributed by atoms with Crippen LogP contribution in [-0.4, -0.2) is 22.5 Å². The minimum atomic E-state index is 0.0256. The molecule has 1 saturated heterocycles. The highest BCUT2D eigenvalue weighted by atomic mass is 79.9. The number of amides is 1. The number of hydrogen-bond acceptors (Lipinski definition) is 3.